The molecule has 1 amide bonds. The monoisotopic (exact) mass is 376 g/mol. The van der Waals surface area contributed by atoms with Gasteiger partial charge in [-0.05, 0) is 60.8 Å². The standard InChI is InChI=1S/C14H21IN2O2/c1-9(2)12(8-17(3)4)16-14(19)11-7-10(15)5-6-13(11)18/h5-7,9,12,18H,8H2,1-4H3,(H,16,19). The highest BCUT2D eigenvalue weighted by Crippen LogP contribution is 2.20. The summed E-state index contributed by atoms with van der Waals surface area (Å²) in [5, 5.41) is 12.8. The number of phenolic OH excluding ortho intramolecular Hbond substituents is 1. The van der Waals surface area contributed by atoms with Gasteiger partial charge in [-0.15, -0.1) is 0 Å². The molecule has 4 nitrogen and oxygen atoms in total. The largest absolute Gasteiger partial charge is 0.507 e. The van der Waals surface area contributed by atoms with Crippen molar-refractivity contribution < 1.29 is 9.90 Å². The molecule has 2 N–H and O–H groups in total. The summed E-state index contributed by atoms with van der Waals surface area (Å²) in [5.41, 5.74) is 0.330. The SMILES string of the molecule is CC(C)C(CN(C)C)NC(=O)c1cc(I)ccc1O. The van der Waals surface area contributed by atoms with Crippen LogP contribution in [0.15, 0.2) is 18.2 Å². The van der Waals surface area contributed by atoms with Crippen molar-refractivity contribution in [2.75, 3.05) is 20.6 Å². The molecule has 106 valence electrons. The van der Waals surface area contributed by atoms with E-state index in [1.54, 1.807) is 18.2 Å². The summed E-state index contributed by atoms with van der Waals surface area (Å²) in [6.45, 7) is 4.92. The average molecular weight is 376 g/mol. The fourth-order valence-corrected chi connectivity index (χ4v) is 2.24. The Bertz CT molecular complexity index is 447. The number of amides is 1. The zero-order valence-electron chi connectivity index (χ0n) is 11.8. The zero-order valence-corrected chi connectivity index (χ0v) is 13.9. The van der Waals surface area contributed by atoms with Crippen molar-refractivity contribution in [1.82, 2.24) is 10.2 Å². The second-order valence-electron chi connectivity index (χ2n) is 5.25. The van der Waals surface area contributed by atoms with Crippen molar-refractivity contribution in [2.45, 2.75) is 19.9 Å². The van der Waals surface area contributed by atoms with Gasteiger partial charge in [-0.3, -0.25) is 4.79 Å². The molecule has 0 bridgehead atoms. The van der Waals surface area contributed by atoms with Crippen molar-refractivity contribution in [2.24, 2.45) is 5.92 Å². The Balaban J connectivity index is 2.84. The molecule has 1 aromatic carbocycles. The molecule has 1 atom stereocenters. The molecule has 0 spiro atoms. The third-order valence-electron chi connectivity index (χ3n) is 2.89. The van der Waals surface area contributed by atoms with Gasteiger partial charge in [-0.1, -0.05) is 13.8 Å². The summed E-state index contributed by atoms with van der Waals surface area (Å²) in [7, 11) is 3.95. The zero-order chi connectivity index (χ0) is 14.6. The molecule has 0 aliphatic heterocycles. The molecule has 1 unspecified atom stereocenters. The molecule has 5 heteroatoms. The molecule has 19 heavy (non-hydrogen) atoms. The second kappa shape index (κ2) is 7.09. The fourth-order valence-electron chi connectivity index (χ4n) is 1.75. The summed E-state index contributed by atoms with van der Waals surface area (Å²) in [6.07, 6.45) is 0. The van der Waals surface area contributed by atoms with E-state index in [1.807, 2.05) is 19.0 Å². The first-order valence-corrected chi connectivity index (χ1v) is 7.33. The van der Waals surface area contributed by atoms with Crippen LogP contribution < -0.4 is 5.32 Å². The molecule has 0 saturated heterocycles. The van der Waals surface area contributed by atoms with E-state index in [4.69, 9.17) is 0 Å². The summed E-state index contributed by atoms with van der Waals surface area (Å²) < 4.78 is 0.925. The van der Waals surface area contributed by atoms with E-state index in [9.17, 15) is 9.90 Å². The third-order valence-corrected chi connectivity index (χ3v) is 3.56. The van der Waals surface area contributed by atoms with Gasteiger partial charge in [0.2, 0.25) is 0 Å². The first-order valence-electron chi connectivity index (χ1n) is 6.25. The van der Waals surface area contributed by atoms with Gasteiger partial charge in [0.05, 0.1) is 5.56 Å². The van der Waals surface area contributed by atoms with Crippen molar-refractivity contribution in [3.8, 4) is 5.75 Å². The number of hydrogen-bond donors (Lipinski definition) is 2. The van der Waals surface area contributed by atoms with Crippen LogP contribution in [0.25, 0.3) is 0 Å². The Kier molecular flexibility index (Phi) is 6.06. The van der Waals surface area contributed by atoms with Gasteiger partial charge in [-0.2, -0.15) is 0 Å². The van der Waals surface area contributed by atoms with Gasteiger partial charge in [0, 0.05) is 16.2 Å². The second-order valence-corrected chi connectivity index (χ2v) is 6.49. The van der Waals surface area contributed by atoms with Gasteiger partial charge < -0.3 is 15.3 Å². The third kappa shape index (κ3) is 4.99. The normalized spacial score (nSPS) is 12.8. The van der Waals surface area contributed by atoms with Crippen molar-refractivity contribution >= 4 is 28.5 Å². The van der Waals surface area contributed by atoms with Gasteiger partial charge in [0.25, 0.3) is 5.91 Å². The van der Waals surface area contributed by atoms with Crippen LogP contribution in [0.4, 0.5) is 0 Å². The molecule has 0 aliphatic carbocycles. The molecule has 1 aromatic rings. The maximum absolute atomic E-state index is 12.2. The van der Waals surface area contributed by atoms with Gasteiger partial charge in [0.1, 0.15) is 5.75 Å². The lowest BCUT2D eigenvalue weighted by Crippen LogP contribution is -2.45. The lowest BCUT2D eigenvalue weighted by Gasteiger charge is -2.25. The number of hydrogen-bond acceptors (Lipinski definition) is 3. The number of halogens is 1. The highest BCUT2D eigenvalue weighted by Gasteiger charge is 2.19. The number of carbonyl (C=O) groups is 1. The molecule has 0 aromatic heterocycles. The van der Waals surface area contributed by atoms with Gasteiger partial charge in [0.15, 0.2) is 0 Å². The maximum Gasteiger partial charge on any atom is 0.255 e. The topological polar surface area (TPSA) is 52.6 Å². The number of phenols is 1. The number of benzene rings is 1. The van der Waals surface area contributed by atoms with Gasteiger partial charge in [-0.25, -0.2) is 0 Å². The van der Waals surface area contributed by atoms with Crippen LogP contribution in [0, 0.1) is 9.49 Å². The van der Waals surface area contributed by atoms with Crippen LogP contribution in [0.2, 0.25) is 0 Å². The predicted octanol–water partition coefficient (Wildman–Crippen LogP) is 2.31. The minimum absolute atomic E-state index is 0.0188. The minimum Gasteiger partial charge on any atom is -0.507 e. The molecule has 0 saturated carbocycles. The number of nitrogens with zero attached hydrogens (tertiary/aromatic N) is 1. The lowest BCUT2D eigenvalue weighted by molar-refractivity contribution is 0.0914. The quantitative estimate of drug-likeness (QED) is 0.776. The van der Waals surface area contributed by atoms with E-state index in [2.05, 4.69) is 41.8 Å². The van der Waals surface area contributed by atoms with E-state index >= 15 is 0 Å². The van der Waals surface area contributed by atoms with Crippen LogP contribution in [-0.4, -0.2) is 42.6 Å². The minimum atomic E-state index is -0.225. The smallest absolute Gasteiger partial charge is 0.255 e. The number of aromatic hydroxyl groups is 1. The Morgan fingerprint density at radius 3 is 2.58 bits per heavy atom. The van der Waals surface area contributed by atoms with Crippen LogP contribution in [0.1, 0.15) is 24.2 Å². The highest BCUT2D eigenvalue weighted by molar-refractivity contribution is 14.1. The van der Waals surface area contributed by atoms with Crippen molar-refractivity contribution in [3.63, 3.8) is 0 Å². The summed E-state index contributed by atoms with van der Waals surface area (Å²) >= 11 is 2.12. The molecule has 0 heterocycles. The van der Waals surface area contributed by atoms with Crippen LogP contribution in [0.3, 0.4) is 0 Å². The first-order chi connectivity index (χ1) is 8.81. The first kappa shape index (κ1) is 16.2. The average Bonchev–Trinajstić information content (AvgIpc) is 2.30. The number of nitrogens with one attached hydrogen (secondary N) is 1. The fraction of sp³-hybridized carbons (Fsp3) is 0.500. The molecule has 1 rings (SSSR count). The number of carbonyl (C=O) groups excluding carboxylic acids is 1. The highest BCUT2D eigenvalue weighted by atomic mass is 127. The molecular formula is C14H21IN2O2. The Morgan fingerprint density at radius 2 is 2.05 bits per heavy atom. The Labute approximate surface area is 128 Å². The predicted molar refractivity (Wildman–Crippen MR) is 85.5 cm³/mol. The summed E-state index contributed by atoms with van der Waals surface area (Å²) in [5.74, 6) is 0.123. The number of rotatable bonds is 5. The van der Waals surface area contributed by atoms with E-state index in [1.165, 1.54) is 0 Å². The molecular weight excluding hydrogens is 355 g/mol. The van der Waals surface area contributed by atoms with Crippen molar-refractivity contribution in [1.29, 1.82) is 0 Å². The Morgan fingerprint density at radius 1 is 1.42 bits per heavy atom. The van der Waals surface area contributed by atoms with Crippen LogP contribution >= 0.6 is 22.6 Å². The summed E-state index contributed by atoms with van der Waals surface area (Å²) in [4.78, 5) is 14.3. The molecule has 0 aliphatic rings. The molecule has 0 fully saturated rings. The maximum atomic E-state index is 12.2. The van der Waals surface area contributed by atoms with E-state index in [0.29, 0.717) is 11.5 Å². The lowest BCUT2D eigenvalue weighted by atomic mass is 10.0. The van der Waals surface area contributed by atoms with Crippen LogP contribution in [0.5, 0.6) is 5.75 Å². The number of likely N-dealkylation sites (N-methyl/N-ethyl adjacent to an activating group) is 1. The van der Waals surface area contributed by atoms with Crippen LogP contribution in [-0.2, 0) is 0 Å². The van der Waals surface area contributed by atoms with Gasteiger partial charge >= 0.3 is 0 Å². The summed E-state index contributed by atoms with van der Waals surface area (Å²) in [6, 6.07) is 5.07. The van der Waals surface area contributed by atoms with E-state index in [-0.39, 0.29) is 17.7 Å². The Hall–Kier alpha value is -0.820. The molecule has 0 radical (unpaired) electrons. The van der Waals surface area contributed by atoms with E-state index < -0.39 is 0 Å². The van der Waals surface area contributed by atoms with E-state index in [0.717, 1.165) is 10.1 Å². The van der Waals surface area contributed by atoms with Crippen molar-refractivity contribution in [3.05, 3.63) is 27.3 Å².